The van der Waals surface area contributed by atoms with Crippen molar-refractivity contribution in [2.24, 2.45) is 0 Å². The van der Waals surface area contributed by atoms with E-state index in [1.165, 1.54) is 29.5 Å². The quantitative estimate of drug-likeness (QED) is 0.688. The molecule has 0 spiro atoms. The first-order chi connectivity index (χ1) is 7.13. The van der Waals surface area contributed by atoms with Gasteiger partial charge in [0.1, 0.15) is 5.82 Å². The van der Waals surface area contributed by atoms with Gasteiger partial charge in [-0.3, -0.25) is 0 Å². The van der Waals surface area contributed by atoms with Crippen LogP contribution in [0.5, 0.6) is 0 Å². The minimum absolute atomic E-state index is 0.0576. The molecule has 0 atom stereocenters. The zero-order valence-electron chi connectivity index (χ0n) is 9.81. The normalized spacial score (nSPS) is 16.1. The number of hydrogen-bond donors (Lipinski definition) is 0. The zero-order valence-corrected chi connectivity index (χ0v) is 9.81. The van der Waals surface area contributed by atoms with Gasteiger partial charge >= 0.3 is 0 Å². The summed E-state index contributed by atoms with van der Waals surface area (Å²) in [6.45, 7) is 6.46. The number of benzene rings is 1. The highest BCUT2D eigenvalue weighted by atomic mass is 19.1. The average molecular weight is 206 g/mol. The molecule has 0 saturated heterocycles. The Bertz CT molecular complexity index is 339. The molecule has 0 aromatic heterocycles. The summed E-state index contributed by atoms with van der Waals surface area (Å²) in [5, 5.41) is 0. The lowest BCUT2D eigenvalue weighted by Crippen LogP contribution is -2.01. The molecule has 1 aliphatic rings. The molecule has 0 radical (unpaired) electrons. The molecule has 1 heteroatoms. The van der Waals surface area contributed by atoms with Crippen molar-refractivity contribution >= 4 is 0 Å². The van der Waals surface area contributed by atoms with E-state index in [1.807, 2.05) is 0 Å². The molecule has 0 heterocycles. The fraction of sp³-hybridized carbons (Fsp3) is 0.571. The molecule has 1 aliphatic carbocycles. The van der Waals surface area contributed by atoms with Crippen LogP contribution in [0.4, 0.5) is 4.39 Å². The van der Waals surface area contributed by atoms with E-state index >= 15 is 0 Å². The summed E-state index contributed by atoms with van der Waals surface area (Å²) in [6.07, 6.45) is 3.52. The Labute approximate surface area is 91.5 Å². The van der Waals surface area contributed by atoms with Crippen LogP contribution in [-0.2, 0) is 6.42 Å². The molecule has 1 aromatic carbocycles. The van der Waals surface area contributed by atoms with E-state index < -0.39 is 0 Å². The minimum atomic E-state index is -0.0576. The van der Waals surface area contributed by atoms with Crippen LogP contribution in [0.25, 0.3) is 0 Å². The molecule has 1 saturated carbocycles. The second-order valence-electron chi connectivity index (χ2n) is 4.85. The highest BCUT2D eigenvalue weighted by Gasteiger charge is 2.27. The summed E-state index contributed by atoms with van der Waals surface area (Å²) in [5.41, 5.74) is 3.88. The third-order valence-corrected chi connectivity index (χ3v) is 3.28. The Hall–Kier alpha value is -0.850. The highest BCUT2D eigenvalue weighted by Crippen LogP contribution is 2.43. The van der Waals surface area contributed by atoms with Gasteiger partial charge in [-0.2, -0.15) is 0 Å². The van der Waals surface area contributed by atoms with Crippen LogP contribution >= 0.6 is 0 Å². The van der Waals surface area contributed by atoms with Crippen molar-refractivity contribution in [1.29, 1.82) is 0 Å². The lowest BCUT2D eigenvalue weighted by molar-refractivity contribution is 0.618. The summed E-state index contributed by atoms with van der Waals surface area (Å²) in [4.78, 5) is 0. The van der Waals surface area contributed by atoms with Gasteiger partial charge in [-0.05, 0) is 59.9 Å². The van der Waals surface area contributed by atoms with Crippen LogP contribution in [0.1, 0.15) is 62.1 Å². The van der Waals surface area contributed by atoms with E-state index in [0.29, 0.717) is 11.8 Å². The molecule has 1 aromatic rings. The molecule has 1 fully saturated rings. The number of halogens is 1. The van der Waals surface area contributed by atoms with Crippen molar-refractivity contribution in [3.63, 3.8) is 0 Å². The first-order valence-corrected chi connectivity index (χ1v) is 5.95. The standard InChI is InChI=1S/C14H19F/c1-4-12-13(9(2)3)7-11(15)8-14(12)10-5-6-10/h7-10H,4-6H2,1-3H3. The van der Waals surface area contributed by atoms with Crippen LogP contribution in [0.3, 0.4) is 0 Å². The van der Waals surface area contributed by atoms with Crippen LogP contribution in [0, 0.1) is 5.82 Å². The van der Waals surface area contributed by atoms with Crippen molar-refractivity contribution in [3.8, 4) is 0 Å². The SMILES string of the molecule is CCc1c(C(C)C)cc(F)cc1C1CC1. The van der Waals surface area contributed by atoms with E-state index in [2.05, 4.69) is 20.8 Å². The van der Waals surface area contributed by atoms with Crippen LogP contribution in [-0.4, -0.2) is 0 Å². The molecule has 0 unspecified atom stereocenters. The van der Waals surface area contributed by atoms with Crippen LogP contribution in [0.15, 0.2) is 12.1 Å². The van der Waals surface area contributed by atoms with Crippen LogP contribution < -0.4 is 0 Å². The van der Waals surface area contributed by atoms with Crippen molar-refractivity contribution in [1.82, 2.24) is 0 Å². The molecule has 0 N–H and O–H groups in total. The summed E-state index contributed by atoms with van der Waals surface area (Å²) in [6, 6.07) is 3.47. The highest BCUT2D eigenvalue weighted by molar-refractivity contribution is 5.41. The maximum Gasteiger partial charge on any atom is 0.123 e. The molecule has 0 nitrogen and oxygen atoms in total. The van der Waals surface area contributed by atoms with Gasteiger partial charge in [-0.1, -0.05) is 20.8 Å². The third kappa shape index (κ3) is 2.06. The largest absolute Gasteiger partial charge is 0.207 e. The van der Waals surface area contributed by atoms with Gasteiger partial charge in [0.2, 0.25) is 0 Å². The van der Waals surface area contributed by atoms with E-state index in [0.717, 1.165) is 6.42 Å². The van der Waals surface area contributed by atoms with E-state index in [9.17, 15) is 4.39 Å². The van der Waals surface area contributed by atoms with Gasteiger partial charge in [-0.25, -0.2) is 4.39 Å². The minimum Gasteiger partial charge on any atom is -0.207 e. The van der Waals surface area contributed by atoms with Gasteiger partial charge in [-0.15, -0.1) is 0 Å². The first kappa shape index (κ1) is 10.7. The number of hydrogen-bond acceptors (Lipinski definition) is 0. The summed E-state index contributed by atoms with van der Waals surface area (Å²) in [7, 11) is 0. The molecule has 0 bridgehead atoms. The maximum absolute atomic E-state index is 13.5. The fourth-order valence-electron chi connectivity index (χ4n) is 2.36. The Kier molecular flexibility index (Phi) is 2.81. The molecular weight excluding hydrogens is 187 g/mol. The predicted octanol–water partition coefficient (Wildman–Crippen LogP) is 4.39. The Morgan fingerprint density at radius 2 is 2.00 bits per heavy atom. The van der Waals surface area contributed by atoms with E-state index in [4.69, 9.17) is 0 Å². The predicted molar refractivity (Wildman–Crippen MR) is 61.8 cm³/mol. The Morgan fingerprint density at radius 1 is 1.33 bits per heavy atom. The van der Waals surface area contributed by atoms with Crippen molar-refractivity contribution in [2.75, 3.05) is 0 Å². The molecule has 0 amide bonds. The van der Waals surface area contributed by atoms with Crippen LogP contribution in [0.2, 0.25) is 0 Å². The summed E-state index contributed by atoms with van der Waals surface area (Å²) < 4.78 is 13.5. The van der Waals surface area contributed by atoms with E-state index in [1.54, 1.807) is 12.1 Å². The van der Waals surface area contributed by atoms with Crippen molar-refractivity contribution < 1.29 is 4.39 Å². The summed E-state index contributed by atoms with van der Waals surface area (Å²) >= 11 is 0. The Morgan fingerprint density at radius 3 is 2.47 bits per heavy atom. The molecule has 15 heavy (non-hydrogen) atoms. The molecule has 2 rings (SSSR count). The first-order valence-electron chi connectivity index (χ1n) is 5.95. The third-order valence-electron chi connectivity index (χ3n) is 3.28. The monoisotopic (exact) mass is 206 g/mol. The average Bonchev–Trinajstić information content (AvgIpc) is 2.99. The smallest absolute Gasteiger partial charge is 0.123 e. The van der Waals surface area contributed by atoms with Gasteiger partial charge in [0.05, 0.1) is 0 Å². The number of rotatable bonds is 3. The molecule has 82 valence electrons. The lowest BCUT2D eigenvalue weighted by Gasteiger charge is -2.16. The van der Waals surface area contributed by atoms with Crippen molar-refractivity contribution in [3.05, 3.63) is 34.6 Å². The van der Waals surface area contributed by atoms with E-state index in [-0.39, 0.29) is 5.82 Å². The van der Waals surface area contributed by atoms with Gasteiger partial charge in [0.15, 0.2) is 0 Å². The lowest BCUT2D eigenvalue weighted by atomic mass is 9.90. The topological polar surface area (TPSA) is 0 Å². The summed E-state index contributed by atoms with van der Waals surface area (Å²) in [5.74, 6) is 1.01. The van der Waals surface area contributed by atoms with Crippen molar-refractivity contribution in [2.45, 2.75) is 51.9 Å². The fourth-order valence-corrected chi connectivity index (χ4v) is 2.36. The zero-order chi connectivity index (χ0) is 11.0. The van der Waals surface area contributed by atoms with Gasteiger partial charge in [0, 0.05) is 0 Å². The second-order valence-corrected chi connectivity index (χ2v) is 4.85. The Balaban J connectivity index is 2.52. The van der Waals surface area contributed by atoms with Gasteiger partial charge in [0.25, 0.3) is 0 Å². The molecule has 0 aliphatic heterocycles. The molecular formula is C14H19F. The maximum atomic E-state index is 13.5. The van der Waals surface area contributed by atoms with Gasteiger partial charge < -0.3 is 0 Å². The second kappa shape index (κ2) is 3.96.